The number of hydrogen-bond donors (Lipinski definition) is 0. The molecule has 1 heterocycles. The molecule has 1 saturated heterocycles. The van der Waals surface area contributed by atoms with Crippen molar-refractivity contribution in [3.8, 4) is 0 Å². The van der Waals surface area contributed by atoms with Crippen molar-refractivity contribution < 1.29 is 4.79 Å². The maximum Gasteiger partial charge on any atom is 0.222 e. The third-order valence-electron chi connectivity index (χ3n) is 3.02. The third-order valence-corrected chi connectivity index (χ3v) is 3.02. The number of hydrogen-bond acceptors (Lipinski definition) is 2. The van der Waals surface area contributed by atoms with Crippen LogP contribution in [0.3, 0.4) is 0 Å². The quantitative estimate of drug-likeness (QED) is 0.677. The van der Waals surface area contributed by atoms with Crippen LogP contribution in [0.1, 0.15) is 26.2 Å². The van der Waals surface area contributed by atoms with Gasteiger partial charge in [0.25, 0.3) is 0 Å². The van der Waals surface area contributed by atoms with Crippen molar-refractivity contribution >= 4 is 5.91 Å². The molecule has 1 amide bonds. The van der Waals surface area contributed by atoms with Gasteiger partial charge in [0.1, 0.15) is 0 Å². The van der Waals surface area contributed by atoms with E-state index in [0.29, 0.717) is 11.8 Å². The van der Waals surface area contributed by atoms with Crippen LogP contribution in [-0.2, 0) is 4.79 Å². The molecule has 0 aliphatic carbocycles. The summed E-state index contributed by atoms with van der Waals surface area (Å²) >= 11 is 0. The van der Waals surface area contributed by atoms with Crippen LogP contribution in [0.25, 0.3) is 0 Å². The van der Waals surface area contributed by atoms with Gasteiger partial charge in [0, 0.05) is 26.1 Å². The summed E-state index contributed by atoms with van der Waals surface area (Å²) in [6.45, 7) is 5.00. The molecular formula is C11H22N2O. The van der Waals surface area contributed by atoms with Crippen molar-refractivity contribution in [1.29, 1.82) is 0 Å². The summed E-state index contributed by atoms with van der Waals surface area (Å²) in [6.07, 6.45) is 3.10. The molecular weight excluding hydrogens is 176 g/mol. The van der Waals surface area contributed by atoms with Gasteiger partial charge in [0.05, 0.1) is 0 Å². The molecule has 0 saturated carbocycles. The number of likely N-dealkylation sites (N-methyl/N-ethyl adjacent to an activating group) is 1. The van der Waals surface area contributed by atoms with Crippen LogP contribution in [0.15, 0.2) is 0 Å². The summed E-state index contributed by atoms with van der Waals surface area (Å²) in [4.78, 5) is 15.8. The maximum atomic E-state index is 11.7. The first kappa shape index (κ1) is 11.5. The average Bonchev–Trinajstić information content (AvgIpc) is 2.15. The van der Waals surface area contributed by atoms with E-state index in [1.165, 1.54) is 6.42 Å². The van der Waals surface area contributed by atoms with Crippen LogP contribution < -0.4 is 0 Å². The molecule has 82 valence electrons. The molecule has 1 rings (SSSR count). The van der Waals surface area contributed by atoms with Gasteiger partial charge in [-0.05, 0) is 26.4 Å². The summed E-state index contributed by atoms with van der Waals surface area (Å²) in [7, 11) is 4.09. The van der Waals surface area contributed by atoms with Gasteiger partial charge in [-0.3, -0.25) is 4.79 Å². The third kappa shape index (κ3) is 3.29. The lowest BCUT2D eigenvalue weighted by Gasteiger charge is -2.32. The van der Waals surface area contributed by atoms with E-state index >= 15 is 0 Å². The lowest BCUT2D eigenvalue weighted by atomic mass is 9.94. The summed E-state index contributed by atoms with van der Waals surface area (Å²) < 4.78 is 0. The van der Waals surface area contributed by atoms with Crippen LogP contribution in [0.2, 0.25) is 0 Å². The fourth-order valence-corrected chi connectivity index (χ4v) is 1.85. The first-order chi connectivity index (χ1) is 6.63. The zero-order valence-corrected chi connectivity index (χ0v) is 9.62. The number of nitrogens with zero attached hydrogens (tertiary/aromatic N) is 2. The molecule has 0 aromatic heterocycles. The number of amides is 1. The molecule has 0 aromatic carbocycles. The molecule has 0 spiro atoms. The summed E-state index contributed by atoms with van der Waals surface area (Å²) in [5.41, 5.74) is 0. The normalized spacial score (nSPS) is 23.3. The van der Waals surface area contributed by atoms with Crippen LogP contribution in [0, 0.1) is 5.92 Å². The molecule has 3 nitrogen and oxygen atoms in total. The van der Waals surface area contributed by atoms with E-state index in [2.05, 4.69) is 11.8 Å². The van der Waals surface area contributed by atoms with Crippen molar-refractivity contribution in [1.82, 2.24) is 9.80 Å². The van der Waals surface area contributed by atoms with Crippen molar-refractivity contribution in [2.45, 2.75) is 26.2 Å². The maximum absolute atomic E-state index is 11.7. The predicted molar refractivity (Wildman–Crippen MR) is 58.1 cm³/mol. The minimum atomic E-state index is 0.352. The Morgan fingerprint density at radius 1 is 1.50 bits per heavy atom. The van der Waals surface area contributed by atoms with Crippen LogP contribution in [-0.4, -0.2) is 49.4 Å². The summed E-state index contributed by atoms with van der Waals surface area (Å²) in [5.74, 6) is 0.989. The lowest BCUT2D eigenvalue weighted by Crippen LogP contribution is -2.42. The highest BCUT2D eigenvalue weighted by molar-refractivity contribution is 5.77. The van der Waals surface area contributed by atoms with Crippen molar-refractivity contribution in [3.05, 3.63) is 0 Å². The monoisotopic (exact) mass is 198 g/mol. The van der Waals surface area contributed by atoms with E-state index in [1.807, 2.05) is 19.0 Å². The standard InChI is InChI=1S/C11H22N2O/c1-4-10-5-6-13(11(14)9-10)8-7-12(2)3/h10H,4-9H2,1-3H3. The largest absolute Gasteiger partial charge is 0.341 e. The molecule has 3 heteroatoms. The van der Waals surface area contributed by atoms with Gasteiger partial charge >= 0.3 is 0 Å². The van der Waals surface area contributed by atoms with E-state index < -0.39 is 0 Å². The van der Waals surface area contributed by atoms with Gasteiger partial charge in [-0.15, -0.1) is 0 Å². The van der Waals surface area contributed by atoms with Crippen LogP contribution >= 0.6 is 0 Å². The van der Waals surface area contributed by atoms with Crippen LogP contribution in [0.4, 0.5) is 0 Å². The predicted octanol–water partition coefficient (Wildman–Crippen LogP) is 1.20. The van der Waals surface area contributed by atoms with E-state index in [4.69, 9.17) is 0 Å². The van der Waals surface area contributed by atoms with Gasteiger partial charge in [-0.1, -0.05) is 13.3 Å². The fourth-order valence-electron chi connectivity index (χ4n) is 1.85. The Labute approximate surface area is 87.1 Å². The van der Waals surface area contributed by atoms with Gasteiger partial charge in [-0.2, -0.15) is 0 Å². The number of piperidine rings is 1. The minimum Gasteiger partial charge on any atom is -0.341 e. The molecule has 0 bridgehead atoms. The molecule has 0 aromatic rings. The second kappa shape index (κ2) is 5.35. The Morgan fingerprint density at radius 2 is 2.21 bits per heavy atom. The number of likely N-dealkylation sites (tertiary alicyclic amines) is 1. The van der Waals surface area contributed by atoms with Gasteiger partial charge in [-0.25, -0.2) is 0 Å². The van der Waals surface area contributed by atoms with E-state index in [-0.39, 0.29) is 0 Å². The topological polar surface area (TPSA) is 23.6 Å². The van der Waals surface area contributed by atoms with Gasteiger partial charge < -0.3 is 9.80 Å². The highest BCUT2D eigenvalue weighted by Crippen LogP contribution is 2.20. The first-order valence-electron chi connectivity index (χ1n) is 5.56. The second-order valence-electron chi connectivity index (χ2n) is 4.45. The fraction of sp³-hybridized carbons (Fsp3) is 0.909. The molecule has 1 aliphatic rings. The van der Waals surface area contributed by atoms with E-state index in [9.17, 15) is 4.79 Å². The second-order valence-corrected chi connectivity index (χ2v) is 4.45. The molecule has 1 fully saturated rings. The Balaban J connectivity index is 2.31. The van der Waals surface area contributed by atoms with Crippen molar-refractivity contribution in [3.63, 3.8) is 0 Å². The Morgan fingerprint density at radius 3 is 2.71 bits per heavy atom. The Bertz CT molecular complexity index is 192. The van der Waals surface area contributed by atoms with E-state index in [1.54, 1.807) is 0 Å². The zero-order chi connectivity index (χ0) is 10.6. The summed E-state index contributed by atoms with van der Waals surface area (Å²) in [5, 5.41) is 0. The highest BCUT2D eigenvalue weighted by Gasteiger charge is 2.23. The Hall–Kier alpha value is -0.570. The van der Waals surface area contributed by atoms with E-state index in [0.717, 1.165) is 32.5 Å². The number of carbonyl (C=O) groups is 1. The number of carbonyl (C=O) groups excluding carboxylic acids is 1. The average molecular weight is 198 g/mol. The minimum absolute atomic E-state index is 0.352. The first-order valence-corrected chi connectivity index (χ1v) is 5.56. The smallest absolute Gasteiger partial charge is 0.222 e. The van der Waals surface area contributed by atoms with Crippen molar-refractivity contribution in [2.75, 3.05) is 33.7 Å². The molecule has 0 radical (unpaired) electrons. The summed E-state index contributed by atoms with van der Waals surface area (Å²) in [6, 6.07) is 0. The Kier molecular flexibility index (Phi) is 4.39. The molecule has 14 heavy (non-hydrogen) atoms. The van der Waals surface area contributed by atoms with Gasteiger partial charge in [0.15, 0.2) is 0 Å². The molecule has 1 atom stereocenters. The lowest BCUT2D eigenvalue weighted by molar-refractivity contribution is -0.135. The van der Waals surface area contributed by atoms with Gasteiger partial charge in [0.2, 0.25) is 5.91 Å². The molecule has 1 aliphatic heterocycles. The molecule has 0 N–H and O–H groups in total. The zero-order valence-electron chi connectivity index (χ0n) is 9.62. The van der Waals surface area contributed by atoms with Crippen molar-refractivity contribution in [2.24, 2.45) is 5.92 Å². The highest BCUT2D eigenvalue weighted by atomic mass is 16.2. The van der Waals surface area contributed by atoms with Crippen LogP contribution in [0.5, 0.6) is 0 Å². The molecule has 1 unspecified atom stereocenters. The number of rotatable bonds is 4. The SMILES string of the molecule is CCC1CCN(CCN(C)C)C(=O)C1.